The predicted molar refractivity (Wildman–Crippen MR) is 129 cm³/mol. The molecule has 0 spiro atoms. The Kier molecular flexibility index (Phi) is 10.3. The summed E-state index contributed by atoms with van der Waals surface area (Å²) >= 11 is 0. The van der Waals surface area contributed by atoms with Crippen molar-refractivity contribution in [3.05, 3.63) is 35.4 Å². The Morgan fingerprint density at radius 1 is 0.667 bits per heavy atom. The Labute approximate surface area is 186 Å². The van der Waals surface area contributed by atoms with Gasteiger partial charge in [-0.2, -0.15) is 5.26 Å². The summed E-state index contributed by atoms with van der Waals surface area (Å²) in [6.45, 7) is 2.31. The van der Waals surface area contributed by atoms with Gasteiger partial charge in [0.05, 0.1) is 6.07 Å². The van der Waals surface area contributed by atoms with Crippen molar-refractivity contribution in [2.45, 2.75) is 128 Å². The molecule has 0 N–H and O–H groups in total. The van der Waals surface area contributed by atoms with Crippen LogP contribution in [0.5, 0.6) is 0 Å². The summed E-state index contributed by atoms with van der Waals surface area (Å²) in [5.74, 6) is 3.56. The number of rotatable bonds is 11. The summed E-state index contributed by atoms with van der Waals surface area (Å²) in [7, 11) is 0. The first-order valence-corrected chi connectivity index (χ1v) is 13.3. The normalized spacial score (nSPS) is 26.9. The van der Waals surface area contributed by atoms with Gasteiger partial charge in [-0.15, -0.1) is 0 Å². The zero-order valence-corrected chi connectivity index (χ0v) is 19.6. The highest BCUT2D eigenvalue weighted by Crippen LogP contribution is 2.40. The van der Waals surface area contributed by atoms with Crippen LogP contribution in [-0.4, -0.2) is 0 Å². The van der Waals surface area contributed by atoms with Gasteiger partial charge in [-0.3, -0.25) is 0 Å². The Morgan fingerprint density at radius 2 is 1.13 bits per heavy atom. The lowest BCUT2D eigenvalue weighted by Gasteiger charge is -2.30. The number of hydrogen-bond donors (Lipinski definition) is 0. The first kappa shape index (κ1) is 23.4. The molecule has 0 saturated heterocycles. The van der Waals surface area contributed by atoms with Crippen LogP contribution in [0, 0.1) is 23.2 Å². The van der Waals surface area contributed by atoms with Crippen molar-refractivity contribution >= 4 is 0 Å². The molecular formula is C29H45N. The van der Waals surface area contributed by atoms with Crippen LogP contribution in [0.1, 0.15) is 139 Å². The van der Waals surface area contributed by atoms with Gasteiger partial charge in [0.2, 0.25) is 0 Å². The summed E-state index contributed by atoms with van der Waals surface area (Å²) in [5.41, 5.74) is 3.20. The number of unbranched alkanes of at least 4 members (excludes halogenated alkanes) is 5. The van der Waals surface area contributed by atoms with E-state index in [0.717, 1.165) is 36.5 Å². The number of hydrogen-bond acceptors (Lipinski definition) is 1. The average molecular weight is 408 g/mol. The van der Waals surface area contributed by atoms with Crippen molar-refractivity contribution in [2.24, 2.45) is 11.8 Å². The van der Waals surface area contributed by atoms with Gasteiger partial charge in [-0.1, -0.05) is 76.1 Å². The Morgan fingerprint density at radius 3 is 1.57 bits per heavy atom. The van der Waals surface area contributed by atoms with E-state index in [4.69, 9.17) is 5.26 Å². The summed E-state index contributed by atoms with van der Waals surface area (Å²) < 4.78 is 0. The van der Waals surface area contributed by atoms with E-state index < -0.39 is 0 Å². The highest BCUT2D eigenvalue weighted by atomic mass is 14.3. The first-order chi connectivity index (χ1) is 14.8. The van der Waals surface area contributed by atoms with E-state index in [9.17, 15) is 0 Å². The SMILES string of the molecule is CCCCCC1CCC(c2ccc(C3CCC(CCCCCC#N)CC3)cc2)CC1. The van der Waals surface area contributed by atoms with Crippen LogP contribution in [0.3, 0.4) is 0 Å². The van der Waals surface area contributed by atoms with Gasteiger partial charge in [-0.05, 0) is 92.6 Å². The molecule has 2 saturated carbocycles. The maximum absolute atomic E-state index is 8.64. The van der Waals surface area contributed by atoms with E-state index in [1.807, 2.05) is 0 Å². The molecule has 1 aromatic rings. The van der Waals surface area contributed by atoms with Gasteiger partial charge in [0.25, 0.3) is 0 Å². The van der Waals surface area contributed by atoms with Gasteiger partial charge in [0.1, 0.15) is 0 Å². The number of nitriles is 1. The summed E-state index contributed by atoms with van der Waals surface area (Å²) in [6, 6.07) is 12.1. The second kappa shape index (κ2) is 13.2. The third kappa shape index (κ3) is 7.44. The molecule has 1 aromatic carbocycles. The van der Waals surface area contributed by atoms with Crippen molar-refractivity contribution < 1.29 is 0 Å². The molecule has 1 heteroatoms. The van der Waals surface area contributed by atoms with Gasteiger partial charge in [0.15, 0.2) is 0 Å². The molecule has 2 aliphatic rings. The quantitative estimate of drug-likeness (QED) is 0.335. The monoisotopic (exact) mass is 407 g/mol. The van der Waals surface area contributed by atoms with E-state index in [0.29, 0.717) is 0 Å². The average Bonchev–Trinajstić information content (AvgIpc) is 2.80. The van der Waals surface area contributed by atoms with E-state index in [-0.39, 0.29) is 0 Å². The largest absolute Gasteiger partial charge is 0.198 e. The van der Waals surface area contributed by atoms with Crippen LogP contribution >= 0.6 is 0 Å². The minimum absolute atomic E-state index is 0.739. The van der Waals surface area contributed by atoms with Crippen LogP contribution in [0.2, 0.25) is 0 Å². The Bertz CT molecular complexity index is 609. The third-order valence-electron chi connectivity index (χ3n) is 8.19. The van der Waals surface area contributed by atoms with Crippen LogP contribution < -0.4 is 0 Å². The maximum atomic E-state index is 8.64. The minimum atomic E-state index is 0.739. The summed E-state index contributed by atoms with van der Waals surface area (Å²) in [5, 5.41) is 8.64. The van der Waals surface area contributed by atoms with E-state index in [2.05, 4.69) is 37.3 Å². The van der Waals surface area contributed by atoms with Crippen molar-refractivity contribution in [1.29, 1.82) is 5.26 Å². The van der Waals surface area contributed by atoms with Crippen molar-refractivity contribution in [3.8, 4) is 6.07 Å². The van der Waals surface area contributed by atoms with Crippen molar-refractivity contribution in [1.82, 2.24) is 0 Å². The maximum Gasteiger partial charge on any atom is 0.0621 e. The fourth-order valence-electron chi connectivity index (χ4n) is 6.11. The molecule has 0 unspecified atom stereocenters. The third-order valence-corrected chi connectivity index (χ3v) is 8.19. The smallest absolute Gasteiger partial charge is 0.0621 e. The summed E-state index contributed by atoms with van der Waals surface area (Å²) in [6.07, 6.45) is 22.8. The van der Waals surface area contributed by atoms with Gasteiger partial charge in [0, 0.05) is 6.42 Å². The van der Waals surface area contributed by atoms with E-state index >= 15 is 0 Å². The molecule has 0 bridgehead atoms. The molecule has 0 atom stereocenters. The van der Waals surface area contributed by atoms with Crippen LogP contribution in [0.25, 0.3) is 0 Å². The second-order valence-corrected chi connectivity index (χ2v) is 10.4. The lowest BCUT2D eigenvalue weighted by molar-refractivity contribution is 0.300. The van der Waals surface area contributed by atoms with Gasteiger partial charge >= 0.3 is 0 Å². The highest BCUT2D eigenvalue weighted by molar-refractivity contribution is 5.28. The molecule has 3 rings (SSSR count). The molecule has 0 aliphatic heterocycles. The predicted octanol–water partition coefficient (Wildman–Crippen LogP) is 9.29. The molecule has 0 aromatic heterocycles. The zero-order valence-electron chi connectivity index (χ0n) is 19.6. The van der Waals surface area contributed by atoms with Crippen LogP contribution in [0.15, 0.2) is 24.3 Å². The molecule has 166 valence electrons. The second-order valence-electron chi connectivity index (χ2n) is 10.4. The van der Waals surface area contributed by atoms with Crippen LogP contribution in [0.4, 0.5) is 0 Å². The fraction of sp³-hybridized carbons (Fsp3) is 0.759. The lowest BCUT2D eigenvalue weighted by Crippen LogP contribution is -2.14. The van der Waals surface area contributed by atoms with Crippen molar-refractivity contribution in [3.63, 3.8) is 0 Å². The van der Waals surface area contributed by atoms with Gasteiger partial charge in [-0.25, -0.2) is 0 Å². The fourth-order valence-corrected chi connectivity index (χ4v) is 6.11. The molecule has 30 heavy (non-hydrogen) atoms. The zero-order chi connectivity index (χ0) is 21.0. The Hall–Kier alpha value is -1.29. The van der Waals surface area contributed by atoms with E-state index in [1.54, 1.807) is 11.1 Å². The highest BCUT2D eigenvalue weighted by Gasteiger charge is 2.24. The topological polar surface area (TPSA) is 23.8 Å². The molecule has 0 radical (unpaired) electrons. The standard InChI is InChI=1S/C29H45N/c1-2-3-6-9-24-11-15-26(16-12-24)28-19-21-29(22-20-28)27-17-13-25(14-18-27)10-7-4-5-8-23-30/h19-22,24-27H,2-18H2,1H3. The number of nitrogens with zero attached hydrogens (tertiary/aromatic N) is 1. The Balaban J connectivity index is 1.37. The van der Waals surface area contributed by atoms with Gasteiger partial charge < -0.3 is 0 Å². The molecule has 0 heterocycles. The molecular weight excluding hydrogens is 362 g/mol. The lowest BCUT2D eigenvalue weighted by atomic mass is 9.75. The molecule has 0 amide bonds. The van der Waals surface area contributed by atoms with Crippen LogP contribution in [-0.2, 0) is 0 Å². The number of benzene rings is 1. The summed E-state index contributed by atoms with van der Waals surface area (Å²) in [4.78, 5) is 0. The molecule has 1 nitrogen and oxygen atoms in total. The molecule has 2 aliphatic carbocycles. The van der Waals surface area contributed by atoms with Crippen molar-refractivity contribution in [2.75, 3.05) is 0 Å². The van der Waals surface area contributed by atoms with E-state index in [1.165, 1.54) is 96.3 Å². The molecule has 2 fully saturated rings. The minimum Gasteiger partial charge on any atom is -0.198 e. The first-order valence-electron chi connectivity index (χ1n) is 13.3.